The van der Waals surface area contributed by atoms with Gasteiger partial charge in [0.1, 0.15) is 11.5 Å². The summed E-state index contributed by atoms with van der Waals surface area (Å²) in [6, 6.07) is 0. The molecule has 1 aromatic heterocycles. The molecule has 0 amide bonds. The topological polar surface area (TPSA) is 33.4 Å². The second-order valence-electron chi connectivity index (χ2n) is 3.56. The zero-order chi connectivity index (χ0) is 8.72. The van der Waals surface area contributed by atoms with E-state index >= 15 is 0 Å². The molecular formula is C10H14O2. The fraction of sp³-hybridized carbons (Fsp3) is 0.600. The Morgan fingerprint density at radius 1 is 1.42 bits per heavy atom. The third-order valence-electron chi connectivity index (χ3n) is 2.65. The maximum atomic E-state index is 9.13. The first-order valence-corrected chi connectivity index (χ1v) is 4.43. The lowest BCUT2D eigenvalue weighted by Crippen LogP contribution is -1.88. The first-order valence-electron chi connectivity index (χ1n) is 4.43. The van der Waals surface area contributed by atoms with Gasteiger partial charge in [-0.2, -0.15) is 0 Å². The van der Waals surface area contributed by atoms with Crippen molar-refractivity contribution in [1.82, 2.24) is 0 Å². The quantitative estimate of drug-likeness (QED) is 0.731. The molecule has 2 nitrogen and oxygen atoms in total. The van der Waals surface area contributed by atoms with Crippen LogP contribution in [-0.2, 0) is 6.61 Å². The van der Waals surface area contributed by atoms with E-state index in [0.717, 1.165) is 22.6 Å². The molecule has 0 aliphatic heterocycles. The molecule has 0 saturated heterocycles. The van der Waals surface area contributed by atoms with Gasteiger partial charge < -0.3 is 9.52 Å². The van der Waals surface area contributed by atoms with E-state index in [0.29, 0.717) is 5.92 Å². The first-order chi connectivity index (χ1) is 5.74. The van der Waals surface area contributed by atoms with Crippen LogP contribution >= 0.6 is 0 Å². The molecule has 1 fully saturated rings. The summed E-state index contributed by atoms with van der Waals surface area (Å²) >= 11 is 0. The monoisotopic (exact) mass is 166 g/mol. The van der Waals surface area contributed by atoms with Gasteiger partial charge in [0.25, 0.3) is 0 Å². The average Bonchev–Trinajstić information content (AvgIpc) is 2.82. The number of hydrogen-bond donors (Lipinski definition) is 1. The van der Waals surface area contributed by atoms with Crippen LogP contribution < -0.4 is 0 Å². The van der Waals surface area contributed by atoms with Crippen LogP contribution in [0.25, 0.3) is 0 Å². The van der Waals surface area contributed by atoms with Crippen LogP contribution in [0.15, 0.2) is 4.42 Å². The van der Waals surface area contributed by atoms with Crippen molar-refractivity contribution >= 4 is 0 Å². The summed E-state index contributed by atoms with van der Waals surface area (Å²) in [5.74, 6) is 2.59. The van der Waals surface area contributed by atoms with Crippen molar-refractivity contribution < 1.29 is 9.52 Å². The van der Waals surface area contributed by atoms with Gasteiger partial charge in [-0.3, -0.25) is 0 Å². The molecule has 66 valence electrons. The molecule has 2 rings (SSSR count). The van der Waals surface area contributed by atoms with E-state index in [-0.39, 0.29) is 6.61 Å². The first kappa shape index (κ1) is 7.87. The van der Waals surface area contributed by atoms with Gasteiger partial charge in [0.15, 0.2) is 0 Å². The maximum Gasteiger partial charge on any atom is 0.113 e. The second kappa shape index (κ2) is 2.63. The number of furan rings is 1. The standard InChI is InChI=1S/C10H14O2/c1-6-7(2)12-10(8-3-4-8)9(6)5-11/h8,11H,3-5H2,1-2H3. The van der Waals surface area contributed by atoms with Crippen molar-refractivity contribution in [3.63, 3.8) is 0 Å². The summed E-state index contributed by atoms with van der Waals surface area (Å²) in [5.41, 5.74) is 2.15. The highest BCUT2D eigenvalue weighted by molar-refractivity contribution is 5.34. The van der Waals surface area contributed by atoms with E-state index in [1.807, 2.05) is 13.8 Å². The Hall–Kier alpha value is -0.760. The van der Waals surface area contributed by atoms with Gasteiger partial charge in [0.2, 0.25) is 0 Å². The molecule has 2 heteroatoms. The second-order valence-corrected chi connectivity index (χ2v) is 3.56. The number of rotatable bonds is 2. The molecule has 1 aliphatic rings. The number of aliphatic hydroxyl groups excluding tert-OH is 1. The van der Waals surface area contributed by atoms with E-state index in [9.17, 15) is 0 Å². The van der Waals surface area contributed by atoms with Gasteiger partial charge in [0.05, 0.1) is 6.61 Å². The smallest absolute Gasteiger partial charge is 0.113 e. The van der Waals surface area contributed by atoms with Crippen LogP contribution in [-0.4, -0.2) is 5.11 Å². The molecule has 0 bridgehead atoms. The predicted octanol–water partition coefficient (Wildman–Crippen LogP) is 2.27. The molecule has 0 atom stereocenters. The minimum atomic E-state index is 0.120. The molecule has 1 N–H and O–H groups in total. The minimum Gasteiger partial charge on any atom is -0.465 e. The Bertz CT molecular complexity index is 295. The number of aryl methyl sites for hydroxylation is 1. The SMILES string of the molecule is Cc1oc(C2CC2)c(CO)c1C. The van der Waals surface area contributed by atoms with E-state index in [1.54, 1.807) is 0 Å². The third-order valence-corrected chi connectivity index (χ3v) is 2.65. The summed E-state index contributed by atoms with van der Waals surface area (Å²) in [6.45, 7) is 4.09. The normalized spacial score (nSPS) is 16.9. The zero-order valence-electron chi connectivity index (χ0n) is 7.55. The van der Waals surface area contributed by atoms with Crippen molar-refractivity contribution in [2.24, 2.45) is 0 Å². The molecular weight excluding hydrogens is 152 g/mol. The minimum absolute atomic E-state index is 0.120. The van der Waals surface area contributed by atoms with Crippen molar-refractivity contribution in [3.05, 3.63) is 22.6 Å². The van der Waals surface area contributed by atoms with Crippen molar-refractivity contribution in [2.45, 2.75) is 39.2 Å². The molecule has 1 aliphatic carbocycles. The molecule has 0 aromatic carbocycles. The van der Waals surface area contributed by atoms with E-state index in [1.165, 1.54) is 12.8 Å². The van der Waals surface area contributed by atoms with Crippen molar-refractivity contribution in [2.75, 3.05) is 0 Å². The van der Waals surface area contributed by atoms with Crippen LogP contribution in [0.3, 0.4) is 0 Å². The Kier molecular flexibility index (Phi) is 1.72. The van der Waals surface area contributed by atoms with Gasteiger partial charge in [0, 0.05) is 11.5 Å². The van der Waals surface area contributed by atoms with Gasteiger partial charge in [-0.05, 0) is 32.3 Å². The average molecular weight is 166 g/mol. The lowest BCUT2D eigenvalue weighted by molar-refractivity contribution is 0.277. The Balaban J connectivity index is 2.44. The summed E-state index contributed by atoms with van der Waals surface area (Å²) in [4.78, 5) is 0. The van der Waals surface area contributed by atoms with Gasteiger partial charge in [-0.1, -0.05) is 0 Å². The highest BCUT2D eigenvalue weighted by atomic mass is 16.3. The van der Waals surface area contributed by atoms with Crippen molar-refractivity contribution in [1.29, 1.82) is 0 Å². The molecule has 12 heavy (non-hydrogen) atoms. The maximum absolute atomic E-state index is 9.13. The van der Waals surface area contributed by atoms with Crippen LogP contribution in [0.4, 0.5) is 0 Å². The fourth-order valence-corrected chi connectivity index (χ4v) is 1.57. The van der Waals surface area contributed by atoms with Gasteiger partial charge in [-0.15, -0.1) is 0 Å². The fourth-order valence-electron chi connectivity index (χ4n) is 1.57. The van der Waals surface area contributed by atoms with Gasteiger partial charge in [-0.25, -0.2) is 0 Å². The zero-order valence-corrected chi connectivity index (χ0v) is 7.55. The van der Waals surface area contributed by atoms with E-state index in [2.05, 4.69) is 0 Å². The van der Waals surface area contributed by atoms with Crippen LogP contribution in [0.5, 0.6) is 0 Å². The molecule has 1 heterocycles. The highest BCUT2D eigenvalue weighted by Crippen LogP contribution is 2.43. The molecule has 1 aromatic rings. The summed E-state index contributed by atoms with van der Waals surface area (Å²) < 4.78 is 5.60. The lowest BCUT2D eigenvalue weighted by atomic mass is 10.1. The Morgan fingerprint density at radius 3 is 2.58 bits per heavy atom. The third kappa shape index (κ3) is 1.07. The summed E-state index contributed by atoms with van der Waals surface area (Å²) in [6.07, 6.45) is 2.44. The molecule has 0 spiro atoms. The van der Waals surface area contributed by atoms with E-state index < -0.39 is 0 Å². The Labute approximate surface area is 72.2 Å². The lowest BCUT2D eigenvalue weighted by Gasteiger charge is -1.95. The number of aliphatic hydroxyl groups is 1. The van der Waals surface area contributed by atoms with Crippen LogP contribution in [0, 0.1) is 13.8 Å². The molecule has 1 saturated carbocycles. The Morgan fingerprint density at radius 2 is 2.08 bits per heavy atom. The summed E-state index contributed by atoms with van der Waals surface area (Å²) in [7, 11) is 0. The van der Waals surface area contributed by atoms with Crippen LogP contribution in [0.2, 0.25) is 0 Å². The van der Waals surface area contributed by atoms with E-state index in [4.69, 9.17) is 9.52 Å². The van der Waals surface area contributed by atoms with Crippen LogP contribution in [0.1, 0.15) is 41.4 Å². The number of hydrogen-bond acceptors (Lipinski definition) is 2. The van der Waals surface area contributed by atoms with Crippen molar-refractivity contribution in [3.8, 4) is 0 Å². The predicted molar refractivity (Wildman–Crippen MR) is 46.1 cm³/mol. The molecule has 0 radical (unpaired) electrons. The largest absolute Gasteiger partial charge is 0.465 e. The van der Waals surface area contributed by atoms with Gasteiger partial charge >= 0.3 is 0 Å². The highest BCUT2D eigenvalue weighted by Gasteiger charge is 2.30. The molecule has 0 unspecified atom stereocenters. The summed E-state index contributed by atoms with van der Waals surface area (Å²) in [5, 5.41) is 9.13.